The van der Waals surface area contributed by atoms with Gasteiger partial charge in [0.05, 0.1) is 36.5 Å². The molecule has 0 saturated heterocycles. The lowest BCUT2D eigenvalue weighted by molar-refractivity contribution is 0.310. The minimum Gasteiger partial charge on any atom is -0.493 e. The van der Waals surface area contributed by atoms with Crippen LogP contribution in [0.2, 0.25) is 0 Å². The molecule has 0 radical (unpaired) electrons. The Bertz CT molecular complexity index is 1170. The van der Waals surface area contributed by atoms with E-state index in [1.54, 1.807) is 18.2 Å². The van der Waals surface area contributed by atoms with Gasteiger partial charge in [-0.15, -0.1) is 0 Å². The van der Waals surface area contributed by atoms with Crippen molar-refractivity contribution in [1.82, 2.24) is 9.55 Å². The summed E-state index contributed by atoms with van der Waals surface area (Å²) in [5, 5.41) is 0. The summed E-state index contributed by atoms with van der Waals surface area (Å²) >= 11 is 0. The smallest absolute Gasteiger partial charge is 0.327 e. The van der Waals surface area contributed by atoms with E-state index in [0.29, 0.717) is 34.7 Å². The molecular formula is C19H21FN2O5S. The molecule has 150 valence electrons. The maximum Gasteiger partial charge on any atom is 0.327 e. The number of fused-ring (bicyclic) bond motifs is 1. The number of sulfone groups is 1. The van der Waals surface area contributed by atoms with Gasteiger partial charge in [-0.3, -0.25) is 4.57 Å². The van der Waals surface area contributed by atoms with Crippen molar-refractivity contribution in [2.45, 2.75) is 13.0 Å². The van der Waals surface area contributed by atoms with Crippen molar-refractivity contribution in [2.24, 2.45) is 0 Å². The third-order valence-electron chi connectivity index (χ3n) is 4.32. The molecule has 1 aromatic heterocycles. The SMILES string of the molecule is CCOc1cc([C@H](CS(C)(=O)=O)n2c(=O)[nH]c3cc(F)ccc32)ccc1OC. The Morgan fingerprint density at radius 2 is 1.93 bits per heavy atom. The van der Waals surface area contributed by atoms with E-state index in [1.165, 1.54) is 29.9 Å². The average Bonchev–Trinajstić information content (AvgIpc) is 2.94. The quantitative estimate of drug-likeness (QED) is 0.649. The van der Waals surface area contributed by atoms with Gasteiger partial charge in [-0.25, -0.2) is 17.6 Å². The van der Waals surface area contributed by atoms with Crippen LogP contribution in [0.15, 0.2) is 41.2 Å². The van der Waals surface area contributed by atoms with Gasteiger partial charge in [-0.2, -0.15) is 0 Å². The van der Waals surface area contributed by atoms with Gasteiger partial charge >= 0.3 is 5.69 Å². The fourth-order valence-corrected chi connectivity index (χ4v) is 4.10. The molecule has 7 nitrogen and oxygen atoms in total. The first-order valence-electron chi connectivity index (χ1n) is 8.61. The largest absolute Gasteiger partial charge is 0.493 e. The lowest BCUT2D eigenvalue weighted by Gasteiger charge is -2.20. The number of imidazole rings is 1. The molecule has 0 fully saturated rings. The highest BCUT2D eigenvalue weighted by molar-refractivity contribution is 7.90. The molecule has 1 N–H and O–H groups in total. The van der Waals surface area contributed by atoms with Crippen LogP contribution in [0.4, 0.5) is 4.39 Å². The topological polar surface area (TPSA) is 90.4 Å². The summed E-state index contributed by atoms with van der Waals surface area (Å²) in [6, 6.07) is 8.05. The third-order valence-corrected chi connectivity index (χ3v) is 5.24. The number of ether oxygens (including phenoxy) is 2. The first-order chi connectivity index (χ1) is 13.2. The van der Waals surface area contributed by atoms with E-state index in [-0.39, 0.29) is 5.75 Å². The van der Waals surface area contributed by atoms with Crippen LogP contribution in [0.3, 0.4) is 0 Å². The molecule has 0 spiro atoms. The first-order valence-corrected chi connectivity index (χ1v) is 10.7. The molecule has 0 aliphatic heterocycles. The molecule has 2 aromatic carbocycles. The lowest BCUT2D eigenvalue weighted by atomic mass is 10.1. The zero-order valence-electron chi connectivity index (χ0n) is 15.7. The van der Waals surface area contributed by atoms with Crippen molar-refractivity contribution < 1.29 is 22.3 Å². The van der Waals surface area contributed by atoms with Gasteiger partial charge in [-0.05, 0) is 42.8 Å². The van der Waals surface area contributed by atoms with Crippen molar-refractivity contribution in [3.8, 4) is 11.5 Å². The van der Waals surface area contributed by atoms with Crippen molar-refractivity contribution in [2.75, 3.05) is 25.7 Å². The predicted octanol–water partition coefficient (Wildman–Crippen LogP) is 2.51. The molecule has 0 amide bonds. The van der Waals surface area contributed by atoms with Crippen molar-refractivity contribution in [3.63, 3.8) is 0 Å². The van der Waals surface area contributed by atoms with E-state index in [4.69, 9.17) is 9.47 Å². The molecule has 3 aromatic rings. The van der Waals surface area contributed by atoms with Crippen LogP contribution in [0.1, 0.15) is 18.5 Å². The third kappa shape index (κ3) is 4.04. The Balaban J connectivity index is 2.23. The Morgan fingerprint density at radius 1 is 1.18 bits per heavy atom. The van der Waals surface area contributed by atoms with E-state index in [0.717, 1.165) is 6.26 Å². The number of hydrogen-bond donors (Lipinski definition) is 1. The summed E-state index contributed by atoms with van der Waals surface area (Å²) in [6.07, 6.45) is 1.10. The zero-order chi connectivity index (χ0) is 20.5. The van der Waals surface area contributed by atoms with E-state index in [2.05, 4.69) is 4.98 Å². The number of rotatable bonds is 7. The Labute approximate surface area is 161 Å². The van der Waals surface area contributed by atoms with Gasteiger partial charge in [-0.1, -0.05) is 6.07 Å². The van der Waals surface area contributed by atoms with Gasteiger partial charge in [0.15, 0.2) is 11.5 Å². The van der Waals surface area contributed by atoms with Crippen LogP contribution >= 0.6 is 0 Å². The van der Waals surface area contributed by atoms with Crippen LogP contribution in [-0.4, -0.2) is 43.7 Å². The number of methoxy groups -OCH3 is 1. The molecule has 3 rings (SSSR count). The molecule has 0 unspecified atom stereocenters. The van der Waals surface area contributed by atoms with Crippen molar-refractivity contribution in [3.05, 3.63) is 58.3 Å². The molecule has 1 heterocycles. The first kappa shape index (κ1) is 19.9. The highest BCUT2D eigenvalue weighted by Gasteiger charge is 2.25. The van der Waals surface area contributed by atoms with Gasteiger partial charge in [0, 0.05) is 6.26 Å². The Morgan fingerprint density at radius 3 is 2.57 bits per heavy atom. The summed E-state index contributed by atoms with van der Waals surface area (Å²) in [7, 11) is -1.95. The van der Waals surface area contributed by atoms with E-state index in [1.807, 2.05) is 6.92 Å². The highest BCUT2D eigenvalue weighted by atomic mass is 32.2. The average molecular weight is 408 g/mol. The molecule has 0 bridgehead atoms. The Kier molecular flexibility index (Phi) is 5.46. The molecular weight excluding hydrogens is 387 g/mol. The molecule has 9 heteroatoms. The van der Waals surface area contributed by atoms with E-state index >= 15 is 0 Å². The summed E-state index contributed by atoms with van der Waals surface area (Å²) in [4.78, 5) is 15.2. The number of nitrogens with one attached hydrogen (secondary N) is 1. The number of aromatic nitrogens is 2. The van der Waals surface area contributed by atoms with E-state index in [9.17, 15) is 17.6 Å². The number of benzene rings is 2. The summed E-state index contributed by atoms with van der Waals surface area (Å²) in [6.45, 7) is 2.21. The molecule has 1 atom stereocenters. The summed E-state index contributed by atoms with van der Waals surface area (Å²) in [5.74, 6) is 0.135. The van der Waals surface area contributed by atoms with Gasteiger partial charge in [0.25, 0.3) is 0 Å². The normalized spacial score (nSPS) is 12.9. The second-order valence-corrected chi connectivity index (χ2v) is 8.60. The number of hydrogen-bond acceptors (Lipinski definition) is 5. The van der Waals surface area contributed by atoms with Crippen LogP contribution in [-0.2, 0) is 9.84 Å². The fourth-order valence-electron chi connectivity index (χ4n) is 3.19. The van der Waals surface area contributed by atoms with Crippen LogP contribution in [0.25, 0.3) is 11.0 Å². The van der Waals surface area contributed by atoms with Gasteiger partial charge in [0.2, 0.25) is 0 Å². The van der Waals surface area contributed by atoms with Crippen LogP contribution < -0.4 is 15.2 Å². The summed E-state index contributed by atoms with van der Waals surface area (Å²) in [5.41, 5.74) is 0.737. The zero-order valence-corrected chi connectivity index (χ0v) is 16.5. The van der Waals surface area contributed by atoms with E-state index < -0.39 is 27.4 Å². The van der Waals surface area contributed by atoms with Gasteiger partial charge < -0.3 is 14.5 Å². The second kappa shape index (κ2) is 7.67. The fraction of sp³-hybridized carbons (Fsp3) is 0.316. The number of nitrogens with zero attached hydrogens (tertiary/aromatic N) is 1. The lowest BCUT2D eigenvalue weighted by Crippen LogP contribution is -2.28. The summed E-state index contributed by atoms with van der Waals surface area (Å²) < 4.78 is 49.9. The monoisotopic (exact) mass is 408 g/mol. The van der Waals surface area contributed by atoms with Crippen molar-refractivity contribution in [1.29, 1.82) is 0 Å². The van der Waals surface area contributed by atoms with Gasteiger partial charge in [0.1, 0.15) is 15.7 Å². The Hall–Kier alpha value is -2.81. The molecule has 0 aliphatic rings. The maximum atomic E-state index is 13.5. The predicted molar refractivity (Wildman–Crippen MR) is 105 cm³/mol. The van der Waals surface area contributed by atoms with Crippen molar-refractivity contribution >= 4 is 20.9 Å². The maximum absolute atomic E-state index is 13.5. The minimum atomic E-state index is -3.45. The minimum absolute atomic E-state index is 0.294. The highest BCUT2D eigenvalue weighted by Crippen LogP contribution is 2.32. The second-order valence-electron chi connectivity index (χ2n) is 6.41. The van der Waals surface area contributed by atoms with Crippen LogP contribution in [0, 0.1) is 5.82 Å². The number of halogens is 1. The number of H-pyrrole nitrogens is 1. The molecule has 28 heavy (non-hydrogen) atoms. The van der Waals surface area contributed by atoms with Crippen LogP contribution in [0.5, 0.6) is 11.5 Å². The number of aromatic amines is 1. The molecule has 0 saturated carbocycles. The molecule has 0 aliphatic carbocycles. The standard InChI is InChI=1S/C19H21FN2O5S/c1-4-27-18-9-12(5-8-17(18)26-2)16(11-28(3,24)25)22-15-7-6-13(20)10-14(15)21-19(22)23/h5-10,16H,4,11H2,1-3H3,(H,21,23)/t16-/m0/s1.